The first-order valence-electron chi connectivity index (χ1n) is 9.63. The molecule has 0 atom stereocenters. The molecule has 2 heterocycles. The Labute approximate surface area is 158 Å². The van der Waals surface area contributed by atoms with Gasteiger partial charge in [-0.3, -0.25) is 0 Å². The average molecular weight is 366 g/mol. The van der Waals surface area contributed by atoms with Gasteiger partial charge in [-0.2, -0.15) is 4.52 Å². The summed E-state index contributed by atoms with van der Waals surface area (Å²) in [6.45, 7) is 2.58. The van der Waals surface area contributed by atoms with Gasteiger partial charge in [0.15, 0.2) is 5.65 Å². The number of amides is 2. The second-order valence-corrected chi connectivity index (χ2v) is 7.74. The van der Waals surface area contributed by atoms with Gasteiger partial charge in [0.2, 0.25) is 0 Å². The Morgan fingerprint density at radius 1 is 1.19 bits per heavy atom. The van der Waals surface area contributed by atoms with Crippen molar-refractivity contribution in [2.24, 2.45) is 0 Å². The molecule has 1 aliphatic rings. The maximum atomic E-state index is 12.9. The maximum Gasteiger partial charge on any atom is 0.320 e. The lowest BCUT2D eigenvalue weighted by molar-refractivity contribution is 0.129. The quantitative estimate of drug-likeness (QED) is 0.712. The molecule has 0 saturated heterocycles. The smallest absolute Gasteiger partial charge is 0.320 e. The van der Waals surface area contributed by atoms with Crippen LogP contribution in [0, 0.1) is 6.92 Å². The molecule has 0 unspecified atom stereocenters. The number of tetrazole rings is 1. The van der Waals surface area contributed by atoms with Crippen molar-refractivity contribution >= 4 is 22.6 Å². The van der Waals surface area contributed by atoms with E-state index in [9.17, 15) is 4.79 Å². The van der Waals surface area contributed by atoms with Crippen molar-refractivity contribution < 1.29 is 4.79 Å². The Balaban J connectivity index is 1.77. The van der Waals surface area contributed by atoms with E-state index in [-0.39, 0.29) is 12.1 Å². The normalized spacial score (nSPS) is 15.4. The van der Waals surface area contributed by atoms with E-state index in [2.05, 4.69) is 46.7 Å². The number of carbonyl (C=O) groups excluding carboxylic acids is 1. The monoisotopic (exact) mass is 366 g/mol. The van der Waals surface area contributed by atoms with E-state index in [0.29, 0.717) is 6.54 Å². The Kier molecular flexibility index (Phi) is 4.68. The number of rotatable bonds is 3. The number of benzene rings is 1. The molecule has 27 heavy (non-hydrogen) atoms. The summed E-state index contributed by atoms with van der Waals surface area (Å²) in [5.74, 6) is 0. The van der Waals surface area contributed by atoms with Crippen molar-refractivity contribution in [2.75, 3.05) is 14.1 Å². The number of fused-ring (bicyclic) bond motifs is 3. The van der Waals surface area contributed by atoms with Crippen molar-refractivity contribution in [1.82, 2.24) is 29.8 Å². The molecule has 1 fully saturated rings. The molecule has 1 aliphatic carbocycles. The summed E-state index contributed by atoms with van der Waals surface area (Å²) in [5.41, 5.74) is 3.86. The van der Waals surface area contributed by atoms with Crippen LogP contribution >= 0.6 is 0 Å². The third kappa shape index (κ3) is 3.34. The van der Waals surface area contributed by atoms with Crippen molar-refractivity contribution in [3.63, 3.8) is 0 Å². The fraction of sp³-hybridized carbons (Fsp3) is 0.500. The van der Waals surface area contributed by atoms with Crippen LogP contribution in [-0.2, 0) is 6.54 Å². The Hall–Kier alpha value is -2.70. The summed E-state index contributed by atoms with van der Waals surface area (Å²) in [6, 6.07) is 8.72. The van der Waals surface area contributed by atoms with E-state index in [4.69, 9.17) is 0 Å². The lowest BCUT2D eigenvalue weighted by Crippen LogP contribution is -2.46. The summed E-state index contributed by atoms with van der Waals surface area (Å²) >= 11 is 0. The fourth-order valence-corrected chi connectivity index (χ4v) is 4.06. The van der Waals surface area contributed by atoms with Gasteiger partial charge in [0.25, 0.3) is 0 Å². The largest absolute Gasteiger partial charge is 0.331 e. The molecule has 4 rings (SSSR count). The Bertz CT molecular complexity index is 973. The molecule has 0 bridgehead atoms. The first-order valence-corrected chi connectivity index (χ1v) is 9.63. The first kappa shape index (κ1) is 17.7. The number of hydrogen-bond acceptors (Lipinski definition) is 4. The molecular formula is C20H26N6O. The predicted molar refractivity (Wildman–Crippen MR) is 105 cm³/mol. The van der Waals surface area contributed by atoms with Gasteiger partial charge in [0.05, 0.1) is 12.1 Å². The minimum absolute atomic E-state index is 0.0523. The summed E-state index contributed by atoms with van der Waals surface area (Å²) in [4.78, 5) is 16.6. The zero-order chi connectivity index (χ0) is 19.0. The third-order valence-electron chi connectivity index (χ3n) is 5.49. The van der Waals surface area contributed by atoms with Gasteiger partial charge in [-0.1, -0.05) is 31.4 Å². The van der Waals surface area contributed by atoms with Crippen molar-refractivity contribution in [3.8, 4) is 0 Å². The molecule has 0 N–H and O–H groups in total. The highest BCUT2D eigenvalue weighted by molar-refractivity contribution is 5.84. The van der Waals surface area contributed by atoms with Gasteiger partial charge in [-0.05, 0) is 47.9 Å². The average Bonchev–Trinajstić information content (AvgIpc) is 3.17. The van der Waals surface area contributed by atoms with Gasteiger partial charge in [-0.25, -0.2) is 4.79 Å². The lowest BCUT2D eigenvalue weighted by atomic mass is 9.94. The standard InChI is InChI=1S/C20H26N6O/c1-14-9-10-15-12-16(19-21-22-23-26(19)18(15)11-14)13-25(20(27)24(2)3)17-7-5-4-6-8-17/h9-12,17H,4-8,13H2,1-3H3. The lowest BCUT2D eigenvalue weighted by Gasteiger charge is -2.36. The van der Waals surface area contributed by atoms with Crippen LogP contribution in [0.1, 0.15) is 43.2 Å². The maximum absolute atomic E-state index is 12.9. The highest BCUT2D eigenvalue weighted by Crippen LogP contribution is 2.27. The Morgan fingerprint density at radius 2 is 1.96 bits per heavy atom. The van der Waals surface area contributed by atoms with Crippen LogP contribution < -0.4 is 0 Å². The van der Waals surface area contributed by atoms with Gasteiger partial charge in [0, 0.05) is 31.1 Å². The second-order valence-electron chi connectivity index (χ2n) is 7.74. The van der Waals surface area contributed by atoms with Crippen LogP contribution in [0.4, 0.5) is 4.79 Å². The summed E-state index contributed by atoms with van der Waals surface area (Å²) in [5, 5.41) is 13.4. The van der Waals surface area contributed by atoms with Gasteiger partial charge < -0.3 is 9.80 Å². The van der Waals surface area contributed by atoms with E-state index < -0.39 is 0 Å². The molecule has 2 aromatic heterocycles. The van der Waals surface area contributed by atoms with Crippen LogP contribution in [-0.4, -0.2) is 56.0 Å². The van der Waals surface area contributed by atoms with Crippen molar-refractivity contribution in [3.05, 3.63) is 35.4 Å². The van der Waals surface area contributed by atoms with Crippen LogP contribution in [0.25, 0.3) is 16.6 Å². The molecule has 7 nitrogen and oxygen atoms in total. The van der Waals surface area contributed by atoms with E-state index >= 15 is 0 Å². The van der Waals surface area contributed by atoms with E-state index in [0.717, 1.165) is 35.0 Å². The molecule has 0 spiro atoms. The molecule has 1 saturated carbocycles. The zero-order valence-corrected chi connectivity index (χ0v) is 16.2. The highest BCUT2D eigenvalue weighted by atomic mass is 16.2. The SMILES string of the molecule is Cc1ccc2cc(CN(C(=O)N(C)C)C3CCCCC3)c3nnnn3c2c1. The molecule has 2 amide bonds. The summed E-state index contributed by atoms with van der Waals surface area (Å²) in [7, 11) is 3.63. The summed E-state index contributed by atoms with van der Waals surface area (Å²) < 4.78 is 1.79. The predicted octanol–water partition coefficient (Wildman–Crippen LogP) is 3.40. The number of hydrogen-bond donors (Lipinski definition) is 0. The van der Waals surface area contributed by atoms with E-state index in [1.807, 2.05) is 19.0 Å². The topological polar surface area (TPSA) is 66.6 Å². The molecular weight excluding hydrogens is 340 g/mol. The molecule has 1 aromatic carbocycles. The number of nitrogens with zero attached hydrogens (tertiary/aromatic N) is 6. The van der Waals surface area contributed by atoms with Crippen LogP contribution in [0.15, 0.2) is 24.3 Å². The van der Waals surface area contributed by atoms with Crippen LogP contribution in [0.2, 0.25) is 0 Å². The highest BCUT2D eigenvalue weighted by Gasteiger charge is 2.27. The van der Waals surface area contributed by atoms with Gasteiger partial charge >= 0.3 is 6.03 Å². The fourth-order valence-electron chi connectivity index (χ4n) is 4.06. The number of aryl methyl sites for hydroxylation is 1. The minimum atomic E-state index is 0.0523. The second kappa shape index (κ2) is 7.13. The molecule has 0 aliphatic heterocycles. The number of pyridine rings is 1. The van der Waals surface area contributed by atoms with Gasteiger partial charge in [0.1, 0.15) is 0 Å². The van der Waals surface area contributed by atoms with E-state index in [1.165, 1.54) is 24.8 Å². The van der Waals surface area contributed by atoms with E-state index in [1.54, 1.807) is 9.42 Å². The molecule has 3 aromatic rings. The number of urea groups is 1. The zero-order valence-electron chi connectivity index (χ0n) is 16.2. The molecule has 0 radical (unpaired) electrons. The third-order valence-corrected chi connectivity index (χ3v) is 5.49. The van der Waals surface area contributed by atoms with Gasteiger partial charge in [-0.15, -0.1) is 5.10 Å². The van der Waals surface area contributed by atoms with Crippen LogP contribution in [0.3, 0.4) is 0 Å². The number of aromatic nitrogens is 4. The molecule has 142 valence electrons. The Morgan fingerprint density at radius 3 is 2.70 bits per heavy atom. The molecule has 7 heteroatoms. The number of carbonyl (C=O) groups is 1. The van der Waals surface area contributed by atoms with Crippen molar-refractivity contribution in [2.45, 2.75) is 51.6 Å². The van der Waals surface area contributed by atoms with Crippen LogP contribution in [0.5, 0.6) is 0 Å². The van der Waals surface area contributed by atoms with Crippen molar-refractivity contribution in [1.29, 1.82) is 0 Å². The first-order chi connectivity index (χ1) is 13.0. The minimum Gasteiger partial charge on any atom is -0.331 e. The summed E-state index contributed by atoms with van der Waals surface area (Å²) in [6.07, 6.45) is 5.75.